The van der Waals surface area contributed by atoms with Crippen molar-refractivity contribution in [1.29, 1.82) is 0 Å². The lowest BCUT2D eigenvalue weighted by Crippen LogP contribution is -2.31. The van der Waals surface area contributed by atoms with Crippen molar-refractivity contribution in [3.05, 3.63) is 23.8 Å². The number of benzene rings is 1. The fourth-order valence-electron chi connectivity index (χ4n) is 2.08. The third-order valence-electron chi connectivity index (χ3n) is 3.42. The van der Waals surface area contributed by atoms with Gasteiger partial charge >= 0.3 is 0 Å². The highest BCUT2D eigenvalue weighted by atomic mass is 16.6. The number of hydrogen-bond acceptors (Lipinski definition) is 3. The van der Waals surface area contributed by atoms with E-state index in [0.717, 1.165) is 13.0 Å². The van der Waals surface area contributed by atoms with E-state index in [9.17, 15) is 4.79 Å². The van der Waals surface area contributed by atoms with Gasteiger partial charge in [-0.1, -0.05) is 20.3 Å². The Bertz CT molecular complexity index is 459. The first kappa shape index (κ1) is 13.7. The molecule has 19 heavy (non-hydrogen) atoms. The van der Waals surface area contributed by atoms with Gasteiger partial charge in [0.15, 0.2) is 11.5 Å². The molecule has 1 aliphatic rings. The van der Waals surface area contributed by atoms with Gasteiger partial charge in [0.1, 0.15) is 13.2 Å². The lowest BCUT2D eigenvalue weighted by molar-refractivity contribution is 0.0773. The Morgan fingerprint density at radius 1 is 1.32 bits per heavy atom. The van der Waals surface area contributed by atoms with Crippen molar-refractivity contribution in [3.63, 3.8) is 0 Å². The zero-order valence-electron chi connectivity index (χ0n) is 11.8. The van der Waals surface area contributed by atoms with Crippen molar-refractivity contribution < 1.29 is 14.3 Å². The highest BCUT2D eigenvalue weighted by Crippen LogP contribution is 2.31. The normalized spacial score (nSPS) is 14.9. The van der Waals surface area contributed by atoms with Gasteiger partial charge < -0.3 is 14.4 Å². The molecule has 0 fully saturated rings. The molecule has 4 nitrogen and oxygen atoms in total. The molecule has 0 radical (unpaired) electrons. The standard InChI is InChI=1S/C15H21NO3/c1-4-11(2)10-16(3)15(17)12-5-6-13-14(9-12)19-8-7-18-13/h5-6,9,11H,4,7-8,10H2,1-3H3. The number of ether oxygens (including phenoxy) is 2. The molecule has 1 aliphatic heterocycles. The molecule has 2 rings (SSSR count). The molecule has 0 aromatic heterocycles. The molecule has 1 aromatic carbocycles. The minimum atomic E-state index is 0.0253. The molecule has 1 aromatic rings. The molecule has 0 N–H and O–H groups in total. The zero-order chi connectivity index (χ0) is 13.8. The van der Waals surface area contributed by atoms with E-state index in [4.69, 9.17) is 9.47 Å². The van der Waals surface area contributed by atoms with E-state index >= 15 is 0 Å². The number of carbonyl (C=O) groups is 1. The summed E-state index contributed by atoms with van der Waals surface area (Å²) in [5.74, 6) is 1.91. The lowest BCUT2D eigenvalue weighted by Gasteiger charge is -2.22. The van der Waals surface area contributed by atoms with Crippen LogP contribution in [0.4, 0.5) is 0 Å². The monoisotopic (exact) mass is 263 g/mol. The first-order chi connectivity index (χ1) is 9.11. The van der Waals surface area contributed by atoms with Gasteiger partial charge in [0, 0.05) is 19.2 Å². The van der Waals surface area contributed by atoms with Crippen molar-refractivity contribution in [2.75, 3.05) is 26.8 Å². The van der Waals surface area contributed by atoms with Gasteiger partial charge in [0.25, 0.3) is 5.91 Å². The third kappa shape index (κ3) is 3.19. The highest BCUT2D eigenvalue weighted by Gasteiger charge is 2.18. The Hall–Kier alpha value is -1.71. The molecule has 0 saturated heterocycles. The maximum atomic E-state index is 12.3. The van der Waals surface area contributed by atoms with Crippen LogP contribution in [0.1, 0.15) is 30.6 Å². The predicted octanol–water partition coefficient (Wildman–Crippen LogP) is 2.58. The Labute approximate surface area is 114 Å². The van der Waals surface area contributed by atoms with Crippen LogP contribution in [0.15, 0.2) is 18.2 Å². The fraction of sp³-hybridized carbons (Fsp3) is 0.533. The molecular formula is C15H21NO3. The Balaban J connectivity index is 2.10. The zero-order valence-corrected chi connectivity index (χ0v) is 11.8. The SMILES string of the molecule is CCC(C)CN(C)C(=O)c1ccc2c(c1)OCCO2. The van der Waals surface area contributed by atoms with Gasteiger partial charge in [-0.15, -0.1) is 0 Å². The quantitative estimate of drug-likeness (QED) is 0.838. The third-order valence-corrected chi connectivity index (χ3v) is 3.42. The summed E-state index contributed by atoms with van der Waals surface area (Å²) in [4.78, 5) is 14.1. The van der Waals surface area contributed by atoms with Crippen LogP contribution in [0.3, 0.4) is 0 Å². The first-order valence-electron chi connectivity index (χ1n) is 6.77. The number of fused-ring (bicyclic) bond motifs is 1. The van der Waals surface area contributed by atoms with Crippen molar-refractivity contribution in [2.45, 2.75) is 20.3 Å². The maximum absolute atomic E-state index is 12.3. The molecule has 104 valence electrons. The van der Waals surface area contributed by atoms with Crippen LogP contribution in [0, 0.1) is 5.92 Å². The molecule has 1 unspecified atom stereocenters. The molecule has 0 saturated carbocycles. The Morgan fingerprint density at radius 2 is 2.00 bits per heavy atom. The summed E-state index contributed by atoms with van der Waals surface area (Å²) >= 11 is 0. The van der Waals surface area contributed by atoms with E-state index < -0.39 is 0 Å². The van der Waals surface area contributed by atoms with Crippen molar-refractivity contribution >= 4 is 5.91 Å². The molecule has 1 amide bonds. The van der Waals surface area contributed by atoms with Gasteiger partial charge in [0.2, 0.25) is 0 Å². The topological polar surface area (TPSA) is 38.8 Å². The summed E-state index contributed by atoms with van der Waals surface area (Å²) in [5, 5.41) is 0. The molecule has 1 heterocycles. The Kier molecular flexibility index (Phi) is 4.30. The second kappa shape index (κ2) is 5.95. The van der Waals surface area contributed by atoms with Gasteiger partial charge in [-0.2, -0.15) is 0 Å². The van der Waals surface area contributed by atoms with Gasteiger partial charge in [-0.05, 0) is 24.1 Å². The molecule has 1 atom stereocenters. The van der Waals surface area contributed by atoms with Crippen molar-refractivity contribution in [1.82, 2.24) is 4.90 Å². The van der Waals surface area contributed by atoms with Gasteiger partial charge in [-0.25, -0.2) is 0 Å². The van der Waals surface area contributed by atoms with Gasteiger partial charge in [-0.3, -0.25) is 4.79 Å². The van der Waals surface area contributed by atoms with Crippen molar-refractivity contribution in [2.24, 2.45) is 5.92 Å². The lowest BCUT2D eigenvalue weighted by atomic mass is 10.1. The highest BCUT2D eigenvalue weighted by molar-refractivity contribution is 5.94. The molecule has 4 heteroatoms. The van der Waals surface area contributed by atoms with E-state index in [0.29, 0.717) is 36.2 Å². The van der Waals surface area contributed by atoms with Crippen LogP contribution in [0.2, 0.25) is 0 Å². The largest absolute Gasteiger partial charge is 0.486 e. The van der Waals surface area contributed by atoms with Crippen LogP contribution < -0.4 is 9.47 Å². The average molecular weight is 263 g/mol. The minimum absolute atomic E-state index is 0.0253. The first-order valence-corrected chi connectivity index (χ1v) is 6.77. The van der Waals surface area contributed by atoms with Crippen LogP contribution in [-0.2, 0) is 0 Å². The van der Waals surface area contributed by atoms with Crippen LogP contribution in [0.5, 0.6) is 11.5 Å². The molecule has 0 aliphatic carbocycles. The van der Waals surface area contributed by atoms with E-state index in [1.54, 1.807) is 23.1 Å². The van der Waals surface area contributed by atoms with Crippen LogP contribution in [0.25, 0.3) is 0 Å². The maximum Gasteiger partial charge on any atom is 0.253 e. The smallest absolute Gasteiger partial charge is 0.253 e. The number of amides is 1. The van der Waals surface area contributed by atoms with Crippen LogP contribution >= 0.6 is 0 Å². The van der Waals surface area contributed by atoms with E-state index in [1.807, 2.05) is 7.05 Å². The number of rotatable bonds is 4. The minimum Gasteiger partial charge on any atom is -0.486 e. The number of nitrogens with zero attached hydrogens (tertiary/aromatic N) is 1. The second-order valence-electron chi connectivity index (χ2n) is 5.06. The Morgan fingerprint density at radius 3 is 2.68 bits per heavy atom. The number of hydrogen-bond donors (Lipinski definition) is 0. The second-order valence-corrected chi connectivity index (χ2v) is 5.06. The van der Waals surface area contributed by atoms with E-state index in [1.165, 1.54) is 0 Å². The van der Waals surface area contributed by atoms with Crippen molar-refractivity contribution in [3.8, 4) is 11.5 Å². The molecule has 0 bridgehead atoms. The van der Waals surface area contributed by atoms with E-state index in [-0.39, 0.29) is 5.91 Å². The van der Waals surface area contributed by atoms with E-state index in [2.05, 4.69) is 13.8 Å². The fourth-order valence-corrected chi connectivity index (χ4v) is 2.08. The summed E-state index contributed by atoms with van der Waals surface area (Å²) in [5.41, 5.74) is 0.648. The molecule has 0 spiro atoms. The van der Waals surface area contributed by atoms with Crippen LogP contribution in [-0.4, -0.2) is 37.6 Å². The summed E-state index contributed by atoms with van der Waals surface area (Å²) in [6, 6.07) is 5.37. The average Bonchev–Trinajstić information content (AvgIpc) is 2.45. The molecular weight excluding hydrogens is 242 g/mol. The van der Waals surface area contributed by atoms with Gasteiger partial charge in [0.05, 0.1) is 0 Å². The number of carbonyl (C=O) groups excluding carboxylic acids is 1. The summed E-state index contributed by atoms with van der Waals surface area (Å²) in [7, 11) is 1.84. The summed E-state index contributed by atoms with van der Waals surface area (Å²) < 4.78 is 11.0. The summed E-state index contributed by atoms with van der Waals surface area (Å²) in [6.07, 6.45) is 1.07. The predicted molar refractivity (Wildman–Crippen MR) is 73.8 cm³/mol. The summed E-state index contributed by atoms with van der Waals surface area (Å²) in [6.45, 7) is 6.14.